The molecule has 4 N–H and O–H groups in total. The van der Waals surface area contributed by atoms with Crippen LogP contribution in [0, 0.1) is 28.8 Å². The Morgan fingerprint density at radius 1 is 1.07 bits per heavy atom. The lowest BCUT2D eigenvalue weighted by Gasteiger charge is -2.40. The fraction of sp³-hybridized carbons (Fsp3) is 0.333. The Balaban J connectivity index is 1.80. The minimum absolute atomic E-state index is 0.0118. The number of amides is 2. The molecule has 1 heterocycles. The first kappa shape index (κ1) is 30.7. The molecule has 41 heavy (non-hydrogen) atoms. The second-order valence-electron chi connectivity index (χ2n) is 11.5. The number of rotatable bonds is 6. The average Bonchev–Trinajstić information content (AvgIpc) is 3.15. The Morgan fingerprint density at radius 2 is 1.78 bits per heavy atom. The molecule has 11 heteroatoms. The Kier molecular flexibility index (Phi) is 8.64. The van der Waals surface area contributed by atoms with Crippen molar-refractivity contribution in [1.82, 2.24) is 10.2 Å². The first-order chi connectivity index (χ1) is 19.1. The van der Waals surface area contributed by atoms with Crippen LogP contribution in [0.3, 0.4) is 0 Å². The molecular formula is C30H30Cl2F3N3O3. The molecule has 218 valence electrons. The fourth-order valence-electron chi connectivity index (χ4n) is 5.63. The highest BCUT2D eigenvalue weighted by Crippen LogP contribution is 2.53. The zero-order chi connectivity index (χ0) is 30.3. The molecule has 1 fully saturated rings. The first-order valence-corrected chi connectivity index (χ1v) is 13.6. The lowest BCUT2D eigenvalue weighted by Crippen LogP contribution is -2.50. The van der Waals surface area contributed by atoms with Crippen molar-refractivity contribution >= 4 is 35.2 Å². The number of carboxylic acids is 1. The van der Waals surface area contributed by atoms with Crippen LogP contribution in [0.2, 0.25) is 10.0 Å². The highest BCUT2D eigenvalue weighted by atomic mass is 35.5. The summed E-state index contributed by atoms with van der Waals surface area (Å²) >= 11 is 12.2. The van der Waals surface area contributed by atoms with Gasteiger partial charge in [0, 0.05) is 35.2 Å². The van der Waals surface area contributed by atoms with E-state index < -0.39 is 52.5 Å². The van der Waals surface area contributed by atoms with Gasteiger partial charge in [-0.15, -0.1) is 0 Å². The van der Waals surface area contributed by atoms with E-state index in [0.717, 1.165) is 18.2 Å². The zero-order valence-electron chi connectivity index (χ0n) is 22.7. The van der Waals surface area contributed by atoms with Crippen molar-refractivity contribution in [2.45, 2.75) is 45.3 Å². The number of nitrogens with zero attached hydrogens (tertiary/aromatic N) is 1. The van der Waals surface area contributed by atoms with Gasteiger partial charge in [0.05, 0.1) is 22.2 Å². The maximum absolute atomic E-state index is 15.6. The quantitative estimate of drug-likeness (QED) is 0.274. The van der Waals surface area contributed by atoms with E-state index in [2.05, 4.69) is 5.32 Å². The Hall–Kier alpha value is -3.27. The standard InChI is InChI=1S/C30H30Cl2F3N3O3/c1-29(2,3)13-17-15-38(28(41)37-14-16-7-9-19(27(39)40)23(33)11-16)26(20-5-4-6-22(32)25(20)35)30(17,36)21-10-8-18(31)12-24(21)34/h4-12,17,26H,13-15,36H2,1-3H3,(H,37,41)(H,39,40)/t17-,26-,30+/m1/s1. The van der Waals surface area contributed by atoms with E-state index in [4.69, 9.17) is 34.0 Å². The summed E-state index contributed by atoms with van der Waals surface area (Å²) in [4.78, 5) is 26.2. The molecule has 2 amide bonds. The van der Waals surface area contributed by atoms with Crippen LogP contribution < -0.4 is 11.1 Å². The molecule has 4 rings (SSSR count). The zero-order valence-corrected chi connectivity index (χ0v) is 24.2. The molecule has 0 radical (unpaired) electrons. The van der Waals surface area contributed by atoms with Crippen LogP contribution in [0.1, 0.15) is 60.3 Å². The van der Waals surface area contributed by atoms with E-state index >= 15 is 8.78 Å². The monoisotopic (exact) mass is 607 g/mol. The third kappa shape index (κ3) is 6.17. The molecule has 0 spiro atoms. The van der Waals surface area contributed by atoms with Gasteiger partial charge in [0.2, 0.25) is 0 Å². The molecule has 0 saturated carbocycles. The Labute approximate surface area is 246 Å². The summed E-state index contributed by atoms with van der Waals surface area (Å²) in [6.45, 7) is 5.84. The van der Waals surface area contributed by atoms with E-state index in [1.807, 2.05) is 20.8 Å². The number of urea groups is 1. The largest absolute Gasteiger partial charge is 0.478 e. The molecule has 3 aromatic rings. The average molecular weight is 608 g/mol. The highest BCUT2D eigenvalue weighted by Gasteiger charge is 2.57. The maximum Gasteiger partial charge on any atom is 0.338 e. The van der Waals surface area contributed by atoms with Gasteiger partial charge < -0.3 is 21.1 Å². The number of nitrogens with two attached hydrogens (primary N) is 1. The second kappa shape index (κ2) is 11.5. The van der Waals surface area contributed by atoms with Crippen molar-refractivity contribution in [3.8, 4) is 0 Å². The van der Waals surface area contributed by atoms with Crippen LogP contribution in [-0.2, 0) is 12.1 Å². The lowest BCUT2D eigenvalue weighted by atomic mass is 9.69. The molecule has 0 unspecified atom stereocenters. The van der Waals surface area contributed by atoms with E-state index in [1.165, 1.54) is 41.3 Å². The number of carboxylic acid groups (broad SMARTS) is 1. The van der Waals surface area contributed by atoms with Gasteiger partial charge in [-0.1, -0.05) is 68.2 Å². The van der Waals surface area contributed by atoms with Crippen molar-refractivity contribution in [3.05, 3.63) is 104 Å². The van der Waals surface area contributed by atoms with Crippen molar-refractivity contribution in [1.29, 1.82) is 0 Å². The fourth-order valence-corrected chi connectivity index (χ4v) is 5.97. The number of likely N-dealkylation sites (tertiary alicyclic amines) is 1. The molecule has 3 atom stereocenters. The van der Waals surface area contributed by atoms with Gasteiger partial charge in [-0.25, -0.2) is 22.8 Å². The summed E-state index contributed by atoms with van der Waals surface area (Å²) in [5, 5.41) is 11.7. The van der Waals surface area contributed by atoms with Crippen LogP contribution in [-0.4, -0.2) is 28.6 Å². The maximum atomic E-state index is 15.6. The Morgan fingerprint density at radius 3 is 2.39 bits per heavy atom. The number of hydrogen-bond acceptors (Lipinski definition) is 3. The predicted molar refractivity (Wildman–Crippen MR) is 151 cm³/mol. The number of carbonyl (C=O) groups is 2. The third-order valence-corrected chi connectivity index (χ3v) is 7.88. The molecule has 1 saturated heterocycles. The van der Waals surface area contributed by atoms with Gasteiger partial charge in [-0.05, 0) is 47.7 Å². The number of nitrogens with one attached hydrogen (secondary N) is 1. The summed E-state index contributed by atoms with van der Waals surface area (Å²) in [7, 11) is 0. The first-order valence-electron chi connectivity index (χ1n) is 12.9. The van der Waals surface area contributed by atoms with Crippen LogP contribution >= 0.6 is 23.2 Å². The summed E-state index contributed by atoms with van der Waals surface area (Å²) in [5.74, 6) is -4.38. The predicted octanol–water partition coefficient (Wildman–Crippen LogP) is 7.28. The van der Waals surface area contributed by atoms with Gasteiger partial charge >= 0.3 is 12.0 Å². The Bertz CT molecular complexity index is 1500. The normalized spacial score (nSPS) is 20.8. The van der Waals surface area contributed by atoms with Crippen molar-refractivity contribution in [2.24, 2.45) is 17.1 Å². The van der Waals surface area contributed by atoms with Gasteiger partial charge in [-0.3, -0.25) is 0 Å². The van der Waals surface area contributed by atoms with Gasteiger partial charge in [0.15, 0.2) is 0 Å². The molecule has 0 bridgehead atoms. The number of halogens is 5. The molecule has 1 aliphatic rings. The molecule has 0 aromatic heterocycles. The van der Waals surface area contributed by atoms with E-state index in [1.54, 1.807) is 0 Å². The second-order valence-corrected chi connectivity index (χ2v) is 12.3. The van der Waals surface area contributed by atoms with E-state index in [-0.39, 0.29) is 39.7 Å². The lowest BCUT2D eigenvalue weighted by molar-refractivity contribution is 0.0691. The molecular weight excluding hydrogens is 578 g/mol. The van der Waals surface area contributed by atoms with Gasteiger partial charge in [-0.2, -0.15) is 0 Å². The van der Waals surface area contributed by atoms with Gasteiger partial charge in [0.1, 0.15) is 17.5 Å². The van der Waals surface area contributed by atoms with Crippen LogP contribution in [0.5, 0.6) is 0 Å². The van der Waals surface area contributed by atoms with Crippen molar-refractivity contribution in [3.63, 3.8) is 0 Å². The summed E-state index contributed by atoms with van der Waals surface area (Å²) in [5.41, 5.74) is 5.15. The van der Waals surface area contributed by atoms with Crippen LogP contribution in [0.4, 0.5) is 18.0 Å². The highest BCUT2D eigenvalue weighted by molar-refractivity contribution is 6.31. The molecule has 1 aliphatic heterocycles. The number of carbonyl (C=O) groups excluding carboxylic acids is 1. The minimum atomic E-state index is -1.60. The van der Waals surface area contributed by atoms with E-state index in [9.17, 15) is 14.0 Å². The molecule has 6 nitrogen and oxygen atoms in total. The van der Waals surface area contributed by atoms with Crippen molar-refractivity contribution in [2.75, 3.05) is 6.54 Å². The smallest absolute Gasteiger partial charge is 0.338 e. The van der Waals surface area contributed by atoms with Gasteiger partial charge in [0.25, 0.3) is 0 Å². The third-order valence-electron chi connectivity index (χ3n) is 7.36. The SMILES string of the molecule is CC(C)(C)C[C@@H]1CN(C(=O)NCc2ccc(C(=O)O)c(F)c2)[C@H](c2cccc(Cl)c2F)[C@@]1(N)c1ccc(Cl)cc1F. The number of aromatic carboxylic acids is 1. The number of benzene rings is 3. The molecule has 0 aliphatic carbocycles. The minimum Gasteiger partial charge on any atom is -0.478 e. The van der Waals surface area contributed by atoms with Crippen molar-refractivity contribution < 1.29 is 27.9 Å². The molecule has 3 aromatic carbocycles. The summed E-state index contributed by atoms with van der Waals surface area (Å²) in [6, 6.07) is 10.1. The summed E-state index contributed by atoms with van der Waals surface area (Å²) in [6.07, 6.45) is 0.454. The van der Waals surface area contributed by atoms with E-state index in [0.29, 0.717) is 12.0 Å². The van der Waals surface area contributed by atoms with Crippen LogP contribution in [0.25, 0.3) is 0 Å². The summed E-state index contributed by atoms with van der Waals surface area (Å²) < 4.78 is 45.4. The number of hydrogen-bond donors (Lipinski definition) is 3. The topological polar surface area (TPSA) is 95.7 Å². The van der Waals surface area contributed by atoms with Crippen LogP contribution in [0.15, 0.2) is 54.6 Å².